The Hall–Kier alpha value is -3.92. The first-order valence-electron chi connectivity index (χ1n) is 12.3. The molecule has 202 valence electrons. The number of sulfonamides is 1. The van der Waals surface area contributed by atoms with Crippen LogP contribution in [0.1, 0.15) is 25.8 Å². The fraction of sp³-hybridized carbons (Fsp3) is 0.286. The van der Waals surface area contributed by atoms with Crippen LogP contribution in [0.25, 0.3) is 0 Å². The molecule has 3 aromatic rings. The van der Waals surface area contributed by atoms with Gasteiger partial charge in [-0.15, -0.1) is 0 Å². The Morgan fingerprint density at radius 2 is 1.58 bits per heavy atom. The van der Waals surface area contributed by atoms with Crippen molar-refractivity contribution in [2.75, 3.05) is 24.5 Å². The van der Waals surface area contributed by atoms with E-state index in [1.807, 2.05) is 6.92 Å². The Bertz CT molecular complexity index is 1320. The van der Waals surface area contributed by atoms with E-state index in [0.29, 0.717) is 24.3 Å². The SMILES string of the molecule is CCOc1ccc(N(CC(=O)N(Cc2ccc(F)cc2)[C@@H](CC)C(=O)NC)S(=O)(=O)c2ccccc2)cc1. The minimum absolute atomic E-state index is 0.00641. The number of halogens is 1. The number of benzene rings is 3. The predicted molar refractivity (Wildman–Crippen MR) is 144 cm³/mol. The molecule has 38 heavy (non-hydrogen) atoms. The maximum atomic E-state index is 13.8. The number of carbonyl (C=O) groups is 2. The van der Waals surface area contributed by atoms with Crippen LogP contribution in [0.3, 0.4) is 0 Å². The molecule has 0 aliphatic heterocycles. The van der Waals surface area contributed by atoms with Crippen LogP contribution in [0.15, 0.2) is 83.8 Å². The van der Waals surface area contributed by atoms with Gasteiger partial charge in [-0.05, 0) is 67.4 Å². The van der Waals surface area contributed by atoms with Crippen LogP contribution in [0.4, 0.5) is 10.1 Å². The first-order valence-corrected chi connectivity index (χ1v) is 13.7. The lowest BCUT2D eigenvalue weighted by molar-refractivity contribution is -0.140. The maximum Gasteiger partial charge on any atom is 0.264 e. The van der Waals surface area contributed by atoms with Gasteiger partial charge in [0, 0.05) is 13.6 Å². The molecule has 0 saturated carbocycles. The summed E-state index contributed by atoms with van der Waals surface area (Å²) < 4.78 is 47.4. The molecule has 0 aromatic heterocycles. The van der Waals surface area contributed by atoms with Gasteiger partial charge in [0.25, 0.3) is 10.0 Å². The van der Waals surface area contributed by atoms with Crippen molar-refractivity contribution >= 4 is 27.5 Å². The average molecular weight is 542 g/mol. The van der Waals surface area contributed by atoms with Crippen molar-refractivity contribution in [3.63, 3.8) is 0 Å². The number of carbonyl (C=O) groups excluding carboxylic acids is 2. The highest BCUT2D eigenvalue weighted by Gasteiger charge is 2.33. The Balaban J connectivity index is 2.03. The molecule has 0 fully saturated rings. The third-order valence-electron chi connectivity index (χ3n) is 5.94. The van der Waals surface area contributed by atoms with Crippen LogP contribution >= 0.6 is 0 Å². The summed E-state index contributed by atoms with van der Waals surface area (Å²) in [6.07, 6.45) is 0.293. The molecule has 1 N–H and O–H groups in total. The molecular formula is C28H32FN3O5S. The summed E-state index contributed by atoms with van der Waals surface area (Å²) in [5.41, 5.74) is 0.862. The monoisotopic (exact) mass is 541 g/mol. The largest absolute Gasteiger partial charge is 0.494 e. The number of ether oxygens (including phenoxy) is 1. The van der Waals surface area contributed by atoms with Crippen LogP contribution in [-0.2, 0) is 26.2 Å². The van der Waals surface area contributed by atoms with E-state index in [1.165, 1.54) is 48.3 Å². The third kappa shape index (κ3) is 6.89. The summed E-state index contributed by atoms with van der Waals surface area (Å²) in [5.74, 6) is -0.844. The lowest BCUT2D eigenvalue weighted by Crippen LogP contribution is -2.51. The second-order valence-corrected chi connectivity index (χ2v) is 10.3. The maximum absolute atomic E-state index is 13.8. The van der Waals surface area contributed by atoms with E-state index >= 15 is 0 Å². The highest BCUT2D eigenvalue weighted by atomic mass is 32.2. The van der Waals surface area contributed by atoms with Crippen LogP contribution in [0.2, 0.25) is 0 Å². The van der Waals surface area contributed by atoms with Crippen LogP contribution in [0.5, 0.6) is 5.75 Å². The van der Waals surface area contributed by atoms with E-state index in [4.69, 9.17) is 4.74 Å². The molecule has 1 atom stereocenters. The van der Waals surface area contributed by atoms with Gasteiger partial charge < -0.3 is 15.0 Å². The number of hydrogen-bond acceptors (Lipinski definition) is 5. The van der Waals surface area contributed by atoms with Crippen LogP contribution in [-0.4, -0.2) is 51.4 Å². The van der Waals surface area contributed by atoms with Crippen molar-refractivity contribution in [3.05, 3.63) is 90.2 Å². The molecule has 0 spiro atoms. The summed E-state index contributed by atoms with van der Waals surface area (Å²) in [5, 5.41) is 2.57. The Kier molecular flexibility index (Phi) is 9.84. The van der Waals surface area contributed by atoms with Crippen LogP contribution < -0.4 is 14.4 Å². The highest BCUT2D eigenvalue weighted by Crippen LogP contribution is 2.27. The first kappa shape index (κ1) is 28.6. The van der Waals surface area contributed by atoms with Gasteiger partial charge in [0.15, 0.2) is 0 Å². The molecule has 10 heteroatoms. The molecule has 0 aliphatic carbocycles. The normalized spacial score (nSPS) is 11.9. The van der Waals surface area contributed by atoms with Crippen molar-refractivity contribution in [2.24, 2.45) is 0 Å². The molecule has 3 rings (SSSR count). The van der Waals surface area contributed by atoms with E-state index in [-0.39, 0.29) is 23.0 Å². The molecule has 0 aliphatic rings. The molecule has 0 saturated heterocycles. The lowest BCUT2D eigenvalue weighted by Gasteiger charge is -2.33. The standard InChI is InChI=1S/C28H32FN3O5S/c1-4-26(28(34)30-3)31(19-21-11-13-22(29)14-12-21)27(33)20-32(23-15-17-24(18-16-23)37-5-2)38(35,36)25-9-7-6-8-10-25/h6-18,26H,4-5,19-20H2,1-3H3,(H,30,34)/t26-/m0/s1. The number of nitrogens with one attached hydrogen (secondary N) is 1. The van der Waals surface area contributed by atoms with E-state index in [2.05, 4.69) is 5.32 Å². The number of hydrogen-bond donors (Lipinski definition) is 1. The summed E-state index contributed by atoms with van der Waals surface area (Å²) in [7, 11) is -2.68. The van der Waals surface area contributed by atoms with Crippen molar-refractivity contribution < 1.29 is 27.1 Å². The quantitative estimate of drug-likeness (QED) is 0.374. The topological polar surface area (TPSA) is 96.0 Å². The van der Waals surface area contributed by atoms with Gasteiger partial charge in [-0.3, -0.25) is 13.9 Å². The molecule has 8 nitrogen and oxygen atoms in total. The third-order valence-corrected chi connectivity index (χ3v) is 7.73. The number of nitrogens with zero attached hydrogens (tertiary/aromatic N) is 2. The number of rotatable bonds is 12. The first-order chi connectivity index (χ1) is 18.2. The summed E-state index contributed by atoms with van der Waals surface area (Å²) in [4.78, 5) is 27.8. The van der Waals surface area contributed by atoms with E-state index < -0.39 is 34.3 Å². The fourth-order valence-corrected chi connectivity index (χ4v) is 5.43. The Morgan fingerprint density at radius 1 is 0.947 bits per heavy atom. The van der Waals surface area contributed by atoms with Crippen molar-refractivity contribution in [1.29, 1.82) is 0 Å². The van der Waals surface area contributed by atoms with Crippen LogP contribution in [0, 0.1) is 5.82 Å². The summed E-state index contributed by atoms with van der Waals surface area (Å²) in [6.45, 7) is 3.48. The zero-order valence-corrected chi connectivity index (χ0v) is 22.4. The Labute approximate surface area is 223 Å². The predicted octanol–water partition coefficient (Wildman–Crippen LogP) is 3.97. The summed E-state index contributed by atoms with van der Waals surface area (Å²) in [6, 6.07) is 18.9. The van der Waals surface area contributed by atoms with Crippen molar-refractivity contribution in [2.45, 2.75) is 37.8 Å². The van der Waals surface area contributed by atoms with Gasteiger partial charge in [-0.2, -0.15) is 0 Å². The van der Waals surface area contributed by atoms with Gasteiger partial charge in [0.1, 0.15) is 24.2 Å². The van der Waals surface area contributed by atoms with Gasteiger partial charge in [-0.25, -0.2) is 12.8 Å². The molecule has 0 bridgehead atoms. The number of likely N-dealkylation sites (N-methyl/N-ethyl adjacent to an activating group) is 1. The number of amides is 2. The molecule has 0 radical (unpaired) electrons. The highest BCUT2D eigenvalue weighted by molar-refractivity contribution is 7.92. The van der Waals surface area contributed by atoms with E-state index in [9.17, 15) is 22.4 Å². The zero-order chi connectivity index (χ0) is 27.7. The molecule has 0 heterocycles. The van der Waals surface area contributed by atoms with E-state index in [1.54, 1.807) is 49.4 Å². The lowest BCUT2D eigenvalue weighted by atomic mass is 10.1. The van der Waals surface area contributed by atoms with Crippen molar-refractivity contribution in [3.8, 4) is 5.75 Å². The van der Waals surface area contributed by atoms with Gasteiger partial charge >= 0.3 is 0 Å². The Morgan fingerprint density at radius 3 is 2.13 bits per heavy atom. The smallest absolute Gasteiger partial charge is 0.264 e. The fourth-order valence-electron chi connectivity index (χ4n) is 4.00. The van der Waals surface area contributed by atoms with Gasteiger partial charge in [-0.1, -0.05) is 37.3 Å². The number of anilines is 1. The van der Waals surface area contributed by atoms with Gasteiger partial charge in [0.2, 0.25) is 11.8 Å². The molecular weight excluding hydrogens is 509 g/mol. The average Bonchev–Trinajstić information content (AvgIpc) is 2.93. The van der Waals surface area contributed by atoms with E-state index in [0.717, 1.165) is 4.31 Å². The second kappa shape index (κ2) is 13.0. The molecule has 3 aromatic carbocycles. The zero-order valence-electron chi connectivity index (χ0n) is 21.6. The minimum atomic E-state index is -4.15. The van der Waals surface area contributed by atoms with Crippen molar-refractivity contribution in [1.82, 2.24) is 10.2 Å². The second-order valence-electron chi connectivity index (χ2n) is 8.44. The van der Waals surface area contributed by atoms with Gasteiger partial charge in [0.05, 0.1) is 17.2 Å². The minimum Gasteiger partial charge on any atom is -0.494 e. The molecule has 0 unspecified atom stereocenters. The summed E-state index contributed by atoms with van der Waals surface area (Å²) >= 11 is 0. The molecule has 2 amide bonds.